The Morgan fingerprint density at radius 1 is 1.11 bits per heavy atom. The van der Waals surface area contributed by atoms with Crippen molar-refractivity contribution < 1.29 is 4.79 Å². The smallest absolute Gasteiger partial charge is 0.224 e. The van der Waals surface area contributed by atoms with Crippen molar-refractivity contribution in [1.29, 1.82) is 0 Å². The van der Waals surface area contributed by atoms with Gasteiger partial charge in [0.1, 0.15) is 5.69 Å². The summed E-state index contributed by atoms with van der Waals surface area (Å²) in [5, 5.41) is 9.81. The number of amides is 1. The average Bonchev–Trinajstić information content (AvgIpc) is 2.86. The molecular weight excluding hydrogens is 240 g/mol. The molecule has 1 aliphatic heterocycles. The third-order valence-corrected chi connectivity index (χ3v) is 3.31. The van der Waals surface area contributed by atoms with Crippen molar-refractivity contribution in [3.8, 4) is 11.4 Å². The van der Waals surface area contributed by atoms with E-state index in [1.54, 1.807) is 6.20 Å². The molecule has 0 fully saturated rings. The molecule has 2 aromatic heterocycles. The molecule has 0 saturated heterocycles. The van der Waals surface area contributed by atoms with Crippen LogP contribution in [0, 0.1) is 0 Å². The minimum atomic E-state index is 0.0411. The van der Waals surface area contributed by atoms with E-state index in [2.05, 4.69) is 20.5 Å². The number of anilines is 1. The third kappa shape index (κ3) is 2.65. The number of aryl methyl sites for hydroxylation is 1. The van der Waals surface area contributed by atoms with Crippen molar-refractivity contribution in [2.75, 3.05) is 5.32 Å². The minimum Gasteiger partial charge on any atom is -0.323 e. The highest BCUT2D eigenvalue weighted by molar-refractivity contribution is 5.94. The number of hydrogen-bond acceptors (Lipinski definition) is 3. The zero-order valence-electron chi connectivity index (χ0n) is 10.6. The van der Waals surface area contributed by atoms with Crippen LogP contribution in [0.3, 0.4) is 0 Å². The van der Waals surface area contributed by atoms with Crippen LogP contribution in [0.25, 0.3) is 11.4 Å². The van der Waals surface area contributed by atoms with Gasteiger partial charge in [-0.15, -0.1) is 0 Å². The molecule has 5 heteroatoms. The van der Waals surface area contributed by atoms with Crippen LogP contribution in [0.2, 0.25) is 0 Å². The quantitative estimate of drug-likeness (QED) is 0.761. The van der Waals surface area contributed by atoms with Gasteiger partial charge in [0, 0.05) is 12.1 Å². The van der Waals surface area contributed by atoms with E-state index >= 15 is 0 Å². The van der Waals surface area contributed by atoms with E-state index in [4.69, 9.17) is 0 Å². The molecule has 19 heavy (non-hydrogen) atoms. The van der Waals surface area contributed by atoms with Gasteiger partial charge in [-0.2, -0.15) is 5.10 Å². The van der Waals surface area contributed by atoms with Crippen LogP contribution in [-0.4, -0.2) is 21.1 Å². The highest BCUT2D eigenvalue weighted by atomic mass is 16.1. The van der Waals surface area contributed by atoms with Crippen LogP contribution in [0.15, 0.2) is 24.4 Å². The zero-order valence-corrected chi connectivity index (χ0v) is 10.6. The summed E-state index contributed by atoms with van der Waals surface area (Å²) in [6, 6.07) is 5.97. The van der Waals surface area contributed by atoms with Crippen molar-refractivity contribution in [3.63, 3.8) is 0 Å². The lowest BCUT2D eigenvalue weighted by Gasteiger charge is -2.09. The summed E-state index contributed by atoms with van der Waals surface area (Å²) in [6.07, 6.45) is 6.19. The summed E-state index contributed by atoms with van der Waals surface area (Å²) in [6.45, 7) is 0. The van der Waals surface area contributed by atoms with E-state index in [9.17, 15) is 4.79 Å². The molecule has 2 bridgehead atoms. The molecule has 0 unspecified atom stereocenters. The number of nitrogens with one attached hydrogen (secondary N) is 2. The molecule has 0 radical (unpaired) electrons. The van der Waals surface area contributed by atoms with Gasteiger partial charge in [-0.1, -0.05) is 12.5 Å². The highest BCUT2D eigenvalue weighted by Gasteiger charge is 2.13. The number of aromatic nitrogens is 3. The van der Waals surface area contributed by atoms with E-state index in [0.717, 1.165) is 42.8 Å². The van der Waals surface area contributed by atoms with Crippen LogP contribution < -0.4 is 5.32 Å². The second kappa shape index (κ2) is 5.22. The number of nitrogens with zero attached hydrogens (tertiary/aromatic N) is 2. The first-order chi connectivity index (χ1) is 9.33. The molecule has 2 N–H and O–H groups in total. The van der Waals surface area contributed by atoms with Crippen molar-refractivity contribution in [2.24, 2.45) is 0 Å². The van der Waals surface area contributed by atoms with Crippen molar-refractivity contribution in [2.45, 2.75) is 32.1 Å². The van der Waals surface area contributed by atoms with Gasteiger partial charge in [-0.25, -0.2) is 0 Å². The van der Waals surface area contributed by atoms with Gasteiger partial charge in [-0.05, 0) is 31.4 Å². The standard InChI is InChI=1S/C14H16N4O/c19-13-8-3-1-2-5-10-6-4-7-11(16-10)14-12(17-13)9-15-18-14/h4,6-7,9H,1-3,5,8H2,(H,15,18)(H,17,19). The Morgan fingerprint density at radius 3 is 2.95 bits per heavy atom. The van der Waals surface area contributed by atoms with E-state index < -0.39 is 0 Å². The third-order valence-electron chi connectivity index (χ3n) is 3.31. The first-order valence-corrected chi connectivity index (χ1v) is 6.62. The number of fused-ring (bicyclic) bond motifs is 4. The Kier molecular flexibility index (Phi) is 3.27. The van der Waals surface area contributed by atoms with Crippen LogP contribution in [0.1, 0.15) is 31.4 Å². The van der Waals surface area contributed by atoms with Gasteiger partial charge in [0.15, 0.2) is 0 Å². The molecule has 0 atom stereocenters. The monoisotopic (exact) mass is 256 g/mol. The molecule has 0 aliphatic carbocycles. The lowest BCUT2D eigenvalue weighted by Crippen LogP contribution is -2.12. The average molecular weight is 256 g/mol. The van der Waals surface area contributed by atoms with E-state index in [-0.39, 0.29) is 5.91 Å². The topological polar surface area (TPSA) is 70.7 Å². The molecular formula is C14H16N4O. The number of carbonyl (C=O) groups excluding carboxylic acids is 1. The van der Waals surface area contributed by atoms with Crippen LogP contribution in [-0.2, 0) is 11.2 Å². The number of pyridine rings is 1. The first-order valence-electron chi connectivity index (χ1n) is 6.62. The maximum Gasteiger partial charge on any atom is 0.224 e. The largest absolute Gasteiger partial charge is 0.323 e. The van der Waals surface area contributed by atoms with Crippen molar-refractivity contribution in [3.05, 3.63) is 30.1 Å². The fraction of sp³-hybridized carbons (Fsp3) is 0.357. The maximum atomic E-state index is 11.8. The summed E-state index contributed by atoms with van der Waals surface area (Å²) < 4.78 is 0. The Balaban J connectivity index is 2.01. The minimum absolute atomic E-state index is 0.0411. The fourth-order valence-electron chi connectivity index (χ4n) is 2.32. The summed E-state index contributed by atoms with van der Waals surface area (Å²) in [5.41, 5.74) is 3.39. The molecule has 1 amide bonds. The molecule has 0 aromatic carbocycles. The Morgan fingerprint density at radius 2 is 2.00 bits per heavy atom. The van der Waals surface area contributed by atoms with Gasteiger partial charge in [0.05, 0.1) is 17.6 Å². The predicted octanol–water partition coefficient (Wildman–Crippen LogP) is 2.53. The summed E-state index contributed by atoms with van der Waals surface area (Å²) in [7, 11) is 0. The lowest BCUT2D eigenvalue weighted by atomic mass is 10.1. The molecule has 3 rings (SSSR count). The number of aromatic amines is 1. The number of rotatable bonds is 0. The second-order valence-corrected chi connectivity index (χ2v) is 4.78. The number of hydrogen-bond donors (Lipinski definition) is 2. The van der Waals surface area contributed by atoms with Crippen LogP contribution in [0.5, 0.6) is 0 Å². The molecule has 1 aliphatic rings. The summed E-state index contributed by atoms with van der Waals surface area (Å²) in [5.74, 6) is 0.0411. The Labute approximate surface area is 111 Å². The SMILES string of the molecule is O=C1CCCCCc2cccc(n2)-c2[nH]ncc2N1. The van der Waals surface area contributed by atoms with Gasteiger partial charge in [0.2, 0.25) is 5.91 Å². The number of carbonyl (C=O) groups is 1. The van der Waals surface area contributed by atoms with E-state index in [1.165, 1.54) is 0 Å². The molecule has 2 aromatic rings. The van der Waals surface area contributed by atoms with E-state index in [1.807, 2.05) is 18.2 Å². The molecule has 98 valence electrons. The molecule has 0 saturated carbocycles. The molecule has 3 heterocycles. The van der Waals surface area contributed by atoms with Crippen LogP contribution >= 0.6 is 0 Å². The Hall–Kier alpha value is -2.17. The summed E-state index contributed by atoms with van der Waals surface area (Å²) >= 11 is 0. The molecule has 0 spiro atoms. The second-order valence-electron chi connectivity index (χ2n) is 4.78. The summed E-state index contributed by atoms with van der Waals surface area (Å²) in [4.78, 5) is 16.4. The van der Waals surface area contributed by atoms with Crippen LogP contribution in [0.4, 0.5) is 5.69 Å². The van der Waals surface area contributed by atoms with Gasteiger partial charge >= 0.3 is 0 Å². The first kappa shape index (κ1) is 11.9. The van der Waals surface area contributed by atoms with Gasteiger partial charge < -0.3 is 5.32 Å². The fourth-order valence-corrected chi connectivity index (χ4v) is 2.32. The normalized spacial score (nSPS) is 15.9. The number of H-pyrrole nitrogens is 1. The Bertz CT molecular complexity index is 591. The van der Waals surface area contributed by atoms with Gasteiger partial charge in [-0.3, -0.25) is 14.9 Å². The maximum absolute atomic E-state index is 11.8. The van der Waals surface area contributed by atoms with E-state index in [0.29, 0.717) is 12.1 Å². The van der Waals surface area contributed by atoms with Crippen molar-refractivity contribution >= 4 is 11.6 Å². The van der Waals surface area contributed by atoms with Crippen molar-refractivity contribution in [1.82, 2.24) is 15.2 Å². The highest BCUT2D eigenvalue weighted by Crippen LogP contribution is 2.24. The zero-order chi connectivity index (χ0) is 13.1. The van der Waals surface area contributed by atoms with Gasteiger partial charge in [0.25, 0.3) is 0 Å². The molecule has 5 nitrogen and oxygen atoms in total. The lowest BCUT2D eigenvalue weighted by molar-refractivity contribution is -0.116. The predicted molar refractivity (Wildman–Crippen MR) is 72.6 cm³/mol.